The molecule has 0 saturated heterocycles. The molecule has 0 radical (unpaired) electrons. The number of benzene rings is 2. The molecule has 1 atom stereocenters. The van der Waals surface area contributed by atoms with Crippen molar-refractivity contribution in [2.45, 2.75) is 19.2 Å². The summed E-state index contributed by atoms with van der Waals surface area (Å²) in [5.74, 6) is 0.895. The third-order valence-corrected chi connectivity index (χ3v) is 5.17. The van der Waals surface area contributed by atoms with Crippen LogP contribution in [0.15, 0.2) is 36.4 Å². The molecule has 0 spiro atoms. The predicted molar refractivity (Wildman–Crippen MR) is 89.3 cm³/mol. The fourth-order valence-electron chi connectivity index (χ4n) is 2.10. The normalized spacial score (nSPS) is 12.3. The smallest absolute Gasteiger partial charge is 0.121 e. The molecule has 2 aromatic rings. The number of rotatable bonds is 3. The molecule has 3 heteroatoms. The van der Waals surface area contributed by atoms with Gasteiger partial charge in [-0.15, -0.1) is 11.6 Å². The van der Waals surface area contributed by atoms with Gasteiger partial charge in [-0.25, -0.2) is 0 Å². The fraction of sp³-hybridized carbons (Fsp3) is 0.250. The van der Waals surface area contributed by atoms with Crippen LogP contribution in [0.4, 0.5) is 0 Å². The van der Waals surface area contributed by atoms with Crippen molar-refractivity contribution in [3.63, 3.8) is 0 Å². The van der Waals surface area contributed by atoms with Gasteiger partial charge in [-0.3, -0.25) is 0 Å². The SMILES string of the molecule is COc1ccc(C(Cl)c2cccc(C)c2I)cc1C. The number of halogens is 2. The van der Waals surface area contributed by atoms with Gasteiger partial charge in [0.2, 0.25) is 0 Å². The molecule has 0 aromatic heterocycles. The minimum absolute atomic E-state index is 0.128. The Labute approximate surface area is 133 Å². The molecule has 0 heterocycles. The minimum atomic E-state index is -0.128. The summed E-state index contributed by atoms with van der Waals surface area (Å²) < 4.78 is 6.51. The Bertz CT molecular complexity index is 595. The highest BCUT2D eigenvalue weighted by Crippen LogP contribution is 2.34. The largest absolute Gasteiger partial charge is 0.496 e. The fourth-order valence-corrected chi connectivity index (χ4v) is 3.28. The third-order valence-electron chi connectivity index (χ3n) is 3.21. The summed E-state index contributed by atoms with van der Waals surface area (Å²) in [6.45, 7) is 4.14. The Morgan fingerprint density at radius 2 is 1.84 bits per heavy atom. The van der Waals surface area contributed by atoms with E-state index >= 15 is 0 Å². The number of aryl methyl sites for hydroxylation is 2. The minimum Gasteiger partial charge on any atom is -0.496 e. The van der Waals surface area contributed by atoms with E-state index in [0.29, 0.717) is 0 Å². The summed E-state index contributed by atoms with van der Waals surface area (Å²) >= 11 is 8.99. The van der Waals surface area contributed by atoms with Crippen LogP contribution in [0.5, 0.6) is 5.75 Å². The number of hydrogen-bond acceptors (Lipinski definition) is 1. The second-order valence-electron chi connectivity index (χ2n) is 4.57. The van der Waals surface area contributed by atoms with Gasteiger partial charge in [0, 0.05) is 3.57 Å². The summed E-state index contributed by atoms with van der Waals surface area (Å²) in [5.41, 5.74) is 4.62. The maximum absolute atomic E-state index is 6.63. The zero-order valence-corrected chi connectivity index (χ0v) is 14.1. The molecule has 0 amide bonds. The second kappa shape index (κ2) is 6.14. The first-order valence-electron chi connectivity index (χ1n) is 6.08. The van der Waals surface area contributed by atoms with Crippen molar-refractivity contribution in [1.82, 2.24) is 0 Å². The summed E-state index contributed by atoms with van der Waals surface area (Å²) in [5, 5.41) is -0.128. The van der Waals surface area contributed by atoms with Crippen molar-refractivity contribution in [1.29, 1.82) is 0 Å². The second-order valence-corrected chi connectivity index (χ2v) is 6.08. The Kier molecular flexibility index (Phi) is 4.74. The Balaban J connectivity index is 2.41. The summed E-state index contributed by atoms with van der Waals surface area (Å²) in [4.78, 5) is 0. The molecule has 0 aliphatic rings. The first kappa shape index (κ1) is 14.7. The van der Waals surface area contributed by atoms with Gasteiger partial charge in [0.15, 0.2) is 0 Å². The lowest BCUT2D eigenvalue weighted by Crippen LogP contribution is -1.99. The van der Waals surface area contributed by atoms with Crippen molar-refractivity contribution in [3.05, 3.63) is 62.2 Å². The molecule has 0 fully saturated rings. The first-order chi connectivity index (χ1) is 9.04. The van der Waals surface area contributed by atoms with Crippen LogP contribution in [0.2, 0.25) is 0 Å². The van der Waals surface area contributed by atoms with Crippen molar-refractivity contribution < 1.29 is 4.74 Å². The average molecular weight is 387 g/mol. The molecule has 0 bridgehead atoms. The zero-order chi connectivity index (χ0) is 14.0. The van der Waals surface area contributed by atoms with Crippen molar-refractivity contribution in [3.8, 4) is 5.75 Å². The summed E-state index contributed by atoms with van der Waals surface area (Å²) in [6.07, 6.45) is 0. The van der Waals surface area contributed by atoms with Crippen LogP contribution >= 0.6 is 34.2 Å². The summed E-state index contributed by atoms with van der Waals surface area (Å²) in [7, 11) is 1.68. The molecule has 19 heavy (non-hydrogen) atoms. The maximum Gasteiger partial charge on any atom is 0.121 e. The molecule has 2 rings (SSSR count). The molecule has 0 aliphatic heterocycles. The molecular weight excluding hydrogens is 371 g/mol. The van der Waals surface area contributed by atoms with Gasteiger partial charge in [0.05, 0.1) is 12.5 Å². The van der Waals surface area contributed by atoms with E-state index in [1.807, 2.05) is 19.1 Å². The van der Waals surface area contributed by atoms with E-state index in [-0.39, 0.29) is 5.38 Å². The quantitative estimate of drug-likeness (QED) is 0.517. The number of methoxy groups -OCH3 is 1. The van der Waals surface area contributed by atoms with Gasteiger partial charge in [0.1, 0.15) is 5.75 Å². The van der Waals surface area contributed by atoms with E-state index in [9.17, 15) is 0 Å². The highest BCUT2D eigenvalue weighted by atomic mass is 127. The zero-order valence-electron chi connectivity index (χ0n) is 11.2. The lowest BCUT2D eigenvalue weighted by Gasteiger charge is -2.15. The van der Waals surface area contributed by atoms with Crippen LogP contribution in [0.25, 0.3) is 0 Å². The van der Waals surface area contributed by atoms with Crippen LogP contribution in [0.1, 0.15) is 27.6 Å². The van der Waals surface area contributed by atoms with E-state index in [1.165, 1.54) is 9.13 Å². The Morgan fingerprint density at radius 3 is 2.47 bits per heavy atom. The monoisotopic (exact) mass is 386 g/mol. The Hall–Kier alpha value is -0.740. The van der Waals surface area contributed by atoms with E-state index in [4.69, 9.17) is 16.3 Å². The van der Waals surface area contributed by atoms with Crippen LogP contribution < -0.4 is 4.74 Å². The van der Waals surface area contributed by atoms with Crippen molar-refractivity contribution in [2.24, 2.45) is 0 Å². The number of alkyl halides is 1. The maximum atomic E-state index is 6.63. The summed E-state index contributed by atoms with van der Waals surface area (Å²) in [6, 6.07) is 12.3. The number of ether oxygens (including phenoxy) is 1. The van der Waals surface area contributed by atoms with E-state index in [2.05, 4.69) is 53.8 Å². The molecule has 0 saturated carbocycles. The molecule has 100 valence electrons. The Morgan fingerprint density at radius 1 is 1.11 bits per heavy atom. The third kappa shape index (κ3) is 3.06. The highest BCUT2D eigenvalue weighted by molar-refractivity contribution is 14.1. The topological polar surface area (TPSA) is 9.23 Å². The van der Waals surface area contributed by atoms with Crippen LogP contribution in [-0.2, 0) is 0 Å². The first-order valence-corrected chi connectivity index (χ1v) is 7.59. The predicted octanol–water partition coefficient (Wildman–Crippen LogP) is 5.24. The van der Waals surface area contributed by atoms with Crippen LogP contribution in [0.3, 0.4) is 0 Å². The van der Waals surface area contributed by atoms with Crippen LogP contribution in [0, 0.1) is 17.4 Å². The number of hydrogen-bond donors (Lipinski definition) is 0. The van der Waals surface area contributed by atoms with Crippen molar-refractivity contribution >= 4 is 34.2 Å². The van der Waals surface area contributed by atoms with Gasteiger partial charge in [-0.1, -0.05) is 30.3 Å². The lowest BCUT2D eigenvalue weighted by atomic mass is 10.0. The van der Waals surface area contributed by atoms with Gasteiger partial charge in [-0.05, 0) is 64.8 Å². The highest BCUT2D eigenvalue weighted by Gasteiger charge is 2.15. The molecule has 0 aliphatic carbocycles. The average Bonchev–Trinajstić information content (AvgIpc) is 2.41. The van der Waals surface area contributed by atoms with E-state index in [1.54, 1.807) is 7.11 Å². The van der Waals surface area contributed by atoms with Gasteiger partial charge in [0.25, 0.3) is 0 Å². The molecule has 2 aromatic carbocycles. The lowest BCUT2D eigenvalue weighted by molar-refractivity contribution is 0.411. The van der Waals surface area contributed by atoms with Gasteiger partial charge in [-0.2, -0.15) is 0 Å². The van der Waals surface area contributed by atoms with E-state index < -0.39 is 0 Å². The van der Waals surface area contributed by atoms with Gasteiger partial charge >= 0.3 is 0 Å². The molecular formula is C16H16ClIO. The van der Waals surface area contributed by atoms with E-state index in [0.717, 1.165) is 22.4 Å². The molecule has 1 unspecified atom stereocenters. The van der Waals surface area contributed by atoms with Crippen molar-refractivity contribution in [2.75, 3.05) is 7.11 Å². The molecule has 0 N–H and O–H groups in total. The van der Waals surface area contributed by atoms with Crippen LogP contribution in [-0.4, -0.2) is 7.11 Å². The molecule has 1 nitrogen and oxygen atoms in total. The standard InChI is InChI=1S/C16H16ClIO/c1-10-5-4-6-13(16(10)18)15(17)12-7-8-14(19-3)11(2)9-12/h4-9,15H,1-3H3. The van der Waals surface area contributed by atoms with Gasteiger partial charge < -0.3 is 4.74 Å².